The summed E-state index contributed by atoms with van der Waals surface area (Å²) in [6.07, 6.45) is 7.56. The second kappa shape index (κ2) is 9.26. The molecule has 2 fully saturated rings. The second-order valence-corrected chi connectivity index (χ2v) is 11.1. The van der Waals surface area contributed by atoms with Crippen LogP contribution < -0.4 is 14.9 Å². The third kappa shape index (κ3) is 4.94. The van der Waals surface area contributed by atoms with Gasteiger partial charge in [0.05, 0.1) is 4.90 Å². The Morgan fingerprint density at radius 3 is 2.77 bits per heavy atom. The molecule has 31 heavy (non-hydrogen) atoms. The van der Waals surface area contributed by atoms with Gasteiger partial charge in [0.25, 0.3) is 0 Å². The molecule has 1 aromatic heterocycles. The summed E-state index contributed by atoms with van der Waals surface area (Å²) in [5.41, 5.74) is -0.223. The van der Waals surface area contributed by atoms with E-state index >= 15 is 0 Å². The number of thiazole rings is 1. The Morgan fingerprint density at radius 2 is 2.06 bits per heavy atom. The second-order valence-electron chi connectivity index (χ2n) is 8.58. The van der Waals surface area contributed by atoms with Crippen molar-refractivity contribution in [2.45, 2.75) is 68.3 Å². The average molecular weight is 463 g/mol. The zero-order valence-corrected chi connectivity index (χ0v) is 19.5. The first-order valence-corrected chi connectivity index (χ1v) is 13.3. The maximum Gasteiger partial charge on any atom is 0.241 e. The fraction of sp³-hybridized carbons (Fsp3) is 0.545. The number of rotatable bonds is 7. The lowest BCUT2D eigenvalue weighted by Crippen LogP contribution is -2.60. The highest BCUT2D eigenvalue weighted by atomic mass is 32.2. The summed E-state index contributed by atoms with van der Waals surface area (Å²) in [7, 11) is -3.80. The number of anilines is 1. The molecule has 168 valence electrons. The van der Waals surface area contributed by atoms with Gasteiger partial charge < -0.3 is 10.2 Å². The van der Waals surface area contributed by atoms with Crippen LogP contribution in [0, 0.1) is 6.92 Å². The van der Waals surface area contributed by atoms with Crippen LogP contribution in [0.1, 0.15) is 50.5 Å². The van der Waals surface area contributed by atoms with Crippen molar-refractivity contribution in [3.05, 3.63) is 41.4 Å². The first-order chi connectivity index (χ1) is 14.9. The molecule has 1 atom stereocenters. The lowest BCUT2D eigenvalue weighted by atomic mass is 9.82. The smallest absolute Gasteiger partial charge is 0.241 e. The van der Waals surface area contributed by atoms with Gasteiger partial charge in [-0.25, -0.2) is 13.4 Å². The van der Waals surface area contributed by atoms with Gasteiger partial charge in [-0.3, -0.25) is 4.79 Å². The number of nitrogens with zero attached hydrogens (tertiary/aromatic N) is 2. The molecular formula is C22H30N4O3S2. The van der Waals surface area contributed by atoms with Gasteiger partial charge in [-0.05, 0) is 50.3 Å². The summed E-state index contributed by atoms with van der Waals surface area (Å²) < 4.78 is 29.1. The summed E-state index contributed by atoms with van der Waals surface area (Å²) in [4.78, 5) is 20.2. The predicted molar refractivity (Wildman–Crippen MR) is 123 cm³/mol. The standard InChI is InChI=1S/C22H30N4O3S2/c1-17-7-5-9-19(15-17)31(28,29)25-22(10-3-2-4-11-22)20(27)24-16-18-8-6-13-26(18)21-23-12-14-30-21/h5,7,9,12,14-15,18,25H,2-4,6,8,10-11,13,16H2,1H3,(H,24,27). The number of carbonyl (C=O) groups is 1. The van der Waals surface area contributed by atoms with E-state index in [-0.39, 0.29) is 16.8 Å². The maximum absolute atomic E-state index is 13.4. The van der Waals surface area contributed by atoms with Crippen LogP contribution in [0.2, 0.25) is 0 Å². The summed E-state index contributed by atoms with van der Waals surface area (Å²) in [6.45, 7) is 3.28. The number of aromatic nitrogens is 1. The zero-order valence-electron chi connectivity index (χ0n) is 17.8. The fourth-order valence-corrected chi connectivity index (χ4v) is 6.94. The molecule has 1 saturated heterocycles. The van der Waals surface area contributed by atoms with E-state index in [0.29, 0.717) is 19.4 Å². The number of hydrogen-bond donors (Lipinski definition) is 2. The molecule has 1 aliphatic heterocycles. The van der Waals surface area contributed by atoms with Gasteiger partial charge in [0.15, 0.2) is 5.13 Å². The number of hydrogen-bond acceptors (Lipinski definition) is 6. The molecule has 4 rings (SSSR count). The summed E-state index contributed by atoms with van der Waals surface area (Å²) >= 11 is 1.60. The number of aryl methyl sites for hydroxylation is 1. The molecule has 2 heterocycles. The van der Waals surface area contributed by atoms with Crippen molar-refractivity contribution >= 4 is 32.4 Å². The van der Waals surface area contributed by atoms with Crippen LogP contribution in [0.15, 0.2) is 40.7 Å². The molecule has 1 aliphatic carbocycles. The maximum atomic E-state index is 13.4. The number of sulfonamides is 1. The first kappa shape index (κ1) is 22.2. The van der Waals surface area contributed by atoms with E-state index in [1.54, 1.807) is 35.7 Å². The van der Waals surface area contributed by atoms with Gasteiger partial charge in [0.1, 0.15) is 5.54 Å². The topological polar surface area (TPSA) is 91.4 Å². The molecule has 2 aliphatic rings. The minimum Gasteiger partial charge on any atom is -0.352 e. The van der Waals surface area contributed by atoms with Crippen molar-refractivity contribution in [1.29, 1.82) is 0 Å². The van der Waals surface area contributed by atoms with Crippen LogP contribution in [0.3, 0.4) is 0 Å². The minimum absolute atomic E-state index is 0.184. The Balaban J connectivity index is 1.48. The Hall–Kier alpha value is -1.97. The van der Waals surface area contributed by atoms with Crippen molar-refractivity contribution in [2.24, 2.45) is 0 Å². The van der Waals surface area contributed by atoms with E-state index < -0.39 is 15.6 Å². The monoisotopic (exact) mass is 462 g/mol. The van der Waals surface area contributed by atoms with Crippen molar-refractivity contribution in [3.63, 3.8) is 0 Å². The molecule has 2 N–H and O–H groups in total. The summed E-state index contributed by atoms with van der Waals surface area (Å²) in [6, 6.07) is 6.99. The number of nitrogens with one attached hydrogen (secondary N) is 2. The number of amides is 1. The normalized spacial score (nSPS) is 21.2. The van der Waals surface area contributed by atoms with Crippen molar-refractivity contribution in [2.75, 3.05) is 18.0 Å². The molecule has 9 heteroatoms. The van der Waals surface area contributed by atoms with E-state index in [0.717, 1.165) is 49.3 Å². The van der Waals surface area contributed by atoms with E-state index in [1.165, 1.54) is 0 Å². The molecular weight excluding hydrogens is 432 g/mol. The predicted octanol–water partition coefficient (Wildman–Crippen LogP) is 3.22. The summed E-state index contributed by atoms with van der Waals surface area (Å²) in [5.74, 6) is -0.214. The van der Waals surface area contributed by atoms with E-state index in [1.807, 2.05) is 18.4 Å². The highest BCUT2D eigenvalue weighted by Gasteiger charge is 2.43. The van der Waals surface area contributed by atoms with Gasteiger partial charge in [-0.1, -0.05) is 31.4 Å². The highest BCUT2D eigenvalue weighted by molar-refractivity contribution is 7.89. The minimum atomic E-state index is -3.80. The van der Waals surface area contributed by atoms with Crippen LogP contribution in [0.5, 0.6) is 0 Å². The van der Waals surface area contributed by atoms with Crippen LogP contribution in [0.4, 0.5) is 5.13 Å². The van der Waals surface area contributed by atoms with Gasteiger partial charge >= 0.3 is 0 Å². The van der Waals surface area contributed by atoms with Gasteiger partial charge in [-0.2, -0.15) is 4.72 Å². The molecule has 0 bridgehead atoms. The van der Waals surface area contributed by atoms with Crippen molar-refractivity contribution in [3.8, 4) is 0 Å². The molecule has 0 radical (unpaired) electrons. The molecule has 1 saturated carbocycles. The highest BCUT2D eigenvalue weighted by Crippen LogP contribution is 2.31. The van der Waals surface area contributed by atoms with Gasteiger partial charge in [0.2, 0.25) is 15.9 Å². The lowest BCUT2D eigenvalue weighted by molar-refractivity contribution is -0.128. The molecule has 1 aromatic carbocycles. The van der Waals surface area contributed by atoms with E-state index in [9.17, 15) is 13.2 Å². The largest absolute Gasteiger partial charge is 0.352 e. The SMILES string of the molecule is Cc1cccc(S(=O)(=O)NC2(C(=O)NCC3CCCN3c3nccs3)CCCCC2)c1. The molecule has 1 unspecified atom stereocenters. The Morgan fingerprint density at radius 1 is 1.26 bits per heavy atom. The lowest BCUT2D eigenvalue weighted by Gasteiger charge is -2.37. The quantitative estimate of drug-likeness (QED) is 0.659. The van der Waals surface area contributed by atoms with Crippen LogP contribution >= 0.6 is 11.3 Å². The van der Waals surface area contributed by atoms with Crippen LogP contribution in [0.25, 0.3) is 0 Å². The van der Waals surface area contributed by atoms with Crippen LogP contribution in [-0.4, -0.2) is 44.0 Å². The molecule has 7 nitrogen and oxygen atoms in total. The Kier molecular flexibility index (Phi) is 6.64. The Bertz CT molecular complexity index is 1000. The molecule has 2 aromatic rings. The number of carbonyl (C=O) groups excluding carboxylic acids is 1. The molecule has 0 spiro atoms. The van der Waals surface area contributed by atoms with Gasteiger partial charge in [0, 0.05) is 30.7 Å². The van der Waals surface area contributed by atoms with E-state index in [4.69, 9.17) is 0 Å². The zero-order chi connectivity index (χ0) is 21.9. The van der Waals surface area contributed by atoms with Crippen LogP contribution in [-0.2, 0) is 14.8 Å². The summed E-state index contributed by atoms with van der Waals surface area (Å²) in [5, 5.41) is 6.02. The third-order valence-corrected chi connectivity index (χ3v) is 8.65. The number of benzene rings is 1. The Labute approximate surface area is 188 Å². The van der Waals surface area contributed by atoms with Crippen molar-refractivity contribution < 1.29 is 13.2 Å². The fourth-order valence-electron chi connectivity index (χ4n) is 4.67. The first-order valence-electron chi connectivity index (χ1n) is 10.9. The van der Waals surface area contributed by atoms with Gasteiger partial charge in [-0.15, -0.1) is 11.3 Å². The average Bonchev–Trinajstić information content (AvgIpc) is 3.44. The van der Waals surface area contributed by atoms with Crippen molar-refractivity contribution in [1.82, 2.24) is 15.0 Å². The molecule has 1 amide bonds. The third-order valence-electron chi connectivity index (χ3n) is 6.31. The van der Waals surface area contributed by atoms with E-state index in [2.05, 4.69) is 19.9 Å².